The number of aromatic nitrogens is 1. The number of benzene rings is 1. The van der Waals surface area contributed by atoms with Crippen molar-refractivity contribution in [2.45, 2.75) is 0 Å². The first-order valence-corrected chi connectivity index (χ1v) is 5.37. The van der Waals surface area contributed by atoms with E-state index in [0.29, 0.717) is 11.4 Å². The van der Waals surface area contributed by atoms with Crippen molar-refractivity contribution in [1.82, 2.24) is 4.98 Å². The molecule has 3 N–H and O–H groups in total. The number of carbonyl (C=O) groups is 1. The number of hydrogen-bond donors (Lipinski definition) is 2. The van der Waals surface area contributed by atoms with Gasteiger partial charge in [0.05, 0.1) is 14.2 Å². The van der Waals surface area contributed by atoms with Crippen LogP contribution in [0.2, 0.25) is 0 Å². The molecule has 94 valence electrons. The first-order valence-electron chi connectivity index (χ1n) is 5.37. The molecule has 0 aliphatic carbocycles. The largest absolute Gasteiger partial charge is 0.497 e. The Morgan fingerprint density at radius 2 is 1.89 bits per heavy atom. The number of carbonyl (C=O) groups excluding carboxylic acids is 1. The van der Waals surface area contributed by atoms with Gasteiger partial charge in [-0.15, -0.1) is 0 Å². The van der Waals surface area contributed by atoms with E-state index in [2.05, 4.69) is 9.72 Å². The highest BCUT2D eigenvalue weighted by Crippen LogP contribution is 2.25. The zero-order chi connectivity index (χ0) is 13.1. The molecule has 2 aromatic rings. The maximum Gasteiger partial charge on any atom is 0.341 e. The summed E-state index contributed by atoms with van der Waals surface area (Å²) >= 11 is 0. The van der Waals surface area contributed by atoms with Crippen LogP contribution in [0.15, 0.2) is 30.3 Å². The van der Waals surface area contributed by atoms with Crippen molar-refractivity contribution in [3.05, 3.63) is 35.9 Å². The number of nitrogen functional groups attached to an aromatic ring is 1. The monoisotopic (exact) mass is 246 g/mol. The van der Waals surface area contributed by atoms with Crippen LogP contribution < -0.4 is 10.5 Å². The van der Waals surface area contributed by atoms with Crippen LogP contribution in [0.25, 0.3) is 11.3 Å². The summed E-state index contributed by atoms with van der Waals surface area (Å²) in [5.41, 5.74) is 7.74. The van der Waals surface area contributed by atoms with Crippen molar-refractivity contribution >= 4 is 11.8 Å². The van der Waals surface area contributed by atoms with Gasteiger partial charge in [-0.1, -0.05) is 0 Å². The van der Waals surface area contributed by atoms with Crippen molar-refractivity contribution in [2.75, 3.05) is 20.0 Å². The molecule has 1 aromatic carbocycles. The lowest BCUT2D eigenvalue weighted by atomic mass is 10.1. The van der Waals surface area contributed by atoms with Gasteiger partial charge >= 0.3 is 5.97 Å². The lowest BCUT2D eigenvalue weighted by Crippen LogP contribution is -2.02. The molecule has 18 heavy (non-hydrogen) atoms. The van der Waals surface area contributed by atoms with Crippen molar-refractivity contribution < 1.29 is 14.3 Å². The normalized spacial score (nSPS) is 10.1. The van der Waals surface area contributed by atoms with Crippen molar-refractivity contribution in [3.8, 4) is 17.0 Å². The molecular formula is C13H14N2O3. The Balaban J connectivity index is 2.36. The van der Waals surface area contributed by atoms with Crippen LogP contribution in [0.5, 0.6) is 5.75 Å². The molecule has 5 heteroatoms. The maximum atomic E-state index is 11.4. The number of nitrogens with two attached hydrogens (primary N) is 1. The molecule has 0 bridgehead atoms. The molecule has 1 heterocycles. The third-order valence-corrected chi connectivity index (χ3v) is 2.65. The Morgan fingerprint density at radius 1 is 1.22 bits per heavy atom. The topological polar surface area (TPSA) is 77.3 Å². The summed E-state index contributed by atoms with van der Waals surface area (Å²) in [5, 5.41) is 0. The number of aromatic amines is 1. The van der Waals surface area contributed by atoms with Crippen LogP contribution in [0, 0.1) is 0 Å². The van der Waals surface area contributed by atoms with Gasteiger partial charge in [0.1, 0.15) is 17.1 Å². The molecule has 0 saturated carbocycles. The van der Waals surface area contributed by atoms with Crippen molar-refractivity contribution in [3.63, 3.8) is 0 Å². The third kappa shape index (κ3) is 2.15. The molecule has 0 fully saturated rings. The number of rotatable bonds is 3. The zero-order valence-electron chi connectivity index (χ0n) is 10.2. The van der Waals surface area contributed by atoms with Gasteiger partial charge in [0.2, 0.25) is 0 Å². The highest BCUT2D eigenvalue weighted by atomic mass is 16.5. The van der Waals surface area contributed by atoms with Gasteiger partial charge in [0.15, 0.2) is 0 Å². The molecule has 0 aliphatic rings. The van der Waals surface area contributed by atoms with E-state index >= 15 is 0 Å². The summed E-state index contributed by atoms with van der Waals surface area (Å²) in [6, 6.07) is 9.10. The maximum absolute atomic E-state index is 11.4. The second-order valence-electron chi connectivity index (χ2n) is 3.73. The van der Waals surface area contributed by atoms with Gasteiger partial charge in [-0.2, -0.15) is 0 Å². The minimum atomic E-state index is -0.455. The lowest BCUT2D eigenvalue weighted by Gasteiger charge is -2.01. The van der Waals surface area contributed by atoms with E-state index in [9.17, 15) is 4.79 Å². The highest BCUT2D eigenvalue weighted by molar-refractivity contribution is 5.96. The van der Waals surface area contributed by atoms with Crippen LogP contribution >= 0.6 is 0 Å². The van der Waals surface area contributed by atoms with Gasteiger partial charge in [-0.05, 0) is 35.9 Å². The molecule has 0 spiro atoms. The summed E-state index contributed by atoms with van der Waals surface area (Å²) in [5.74, 6) is 0.614. The predicted octanol–water partition coefficient (Wildman–Crippen LogP) is 2.06. The number of methoxy groups -OCH3 is 2. The van der Waals surface area contributed by atoms with E-state index in [-0.39, 0.29) is 0 Å². The van der Waals surface area contributed by atoms with Crippen molar-refractivity contribution in [2.24, 2.45) is 0 Å². The summed E-state index contributed by atoms with van der Waals surface area (Å²) in [7, 11) is 2.93. The fraction of sp³-hybridized carbons (Fsp3) is 0.154. The average Bonchev–Trinajstić information content (AvgIpc) is 2.80. The zero-order valence-corrected chi connectivity index (χ0v) is 10.2. The lowest BCUT2D eigenvalue weighted by molar-refractivity contribution is 0.0602. The van der Waals surface area contributed by atoms with E-state index in [1.54, 1.807) is 13.2 Å². The molecule has 0 atom stereocenters. The first-order chi connectivity index (χ1) is 8.65. The molecule has 1 aromatic heterocycles. The van der Waals surface area contributed by atoms with Crippen molar-refractivity contribution in [1.29, 1.82) is 0 Å². The Labute approximate surface area is 105 Å². The molecular weight excluding hydrogens is 232 g/mol. The van der Waals surface area contributed by atoms with Gasteiger partial charge < -0.3 is 20.2 Å². The number of nitrogens with one attached hydrogen (secondary N) is 1. The minimum absolute atomic E-state index is 0.299. The third-order valence-electron chi connectivity index (χ3n) is 2.65. The minimum Gasteiger partial charge on any atom is -0.497 e. The highest BCUT2D eigenvalue weighted by Gasteiger charge is 2.14. The smallest absolute Gasteiger partial charge is 0.341 e. The Hall–Kier alpha value is -2.43. The number of hydrogen-bond acceptors (Lipinski definition) is 4. The second kappa shape index (κ2) is 4.83. The van der Waals surface area contributed by atoms with Crippen LogP contribution in [0.4, 0.5) is 5.82 Å². The van der Waals surface area contributed by atoms with Gasteiger partial charge in [-0.25, -0.2) is 4.79 Å². The fourth-order valence-electron chi connectivity index (χ4n) is 1.68. The van der Waals surface area contributed by atoms with Crippen LogP contribution in [0.1, 0.15) is 10.4 Å². The summed E-state index contributed by atoms with van der Waals surface area (Å²) in [4.78, 5) is 14.4. The van der Waals surface area contributed by atoms with Crippen LogP contribution in [-0.4, -0.2) is 25.2 Å². The summed E-state index contributed by atoms with van der Waals surface area (Å²) in [6.07, 6.45) is 0. The predicted molar refractivity (Wildman–Crippen MR) is 68.5 cm³/mol. The Morgan fingerprint density at radius 3 is 2.44 bits per heavy atom. The Bertz CT molecular complexity index is 558. The van der Waals surface area contributed by atoms with Gasteiger partial charge in [0, 0.05) is 5.69 Å². The number of anilines is 1. The van der Waals surface area contributed by atoms with E-state index < -0.39 is 5.97 Å². The number of esters is 1. The molecule has 0 aliphatic heterocycles. The van der Waals surface area contributed by atoms with Crippen LogP contribution in [-0.2, 0) is 4.74 Å². The van der Waals surface area contributed by atoms with E-state index in [0.717, 1.165) is 17.0 Å². The molecule has 0 saturated heterocycles. The van der Waals surface area contributed by atoms with E-state index in [1.807, 2.05) is 24.3 Å². The average molecular weight is 246 g/mol. The Kier molecular flexibility index (Phi) is 3.23. The molecule has 0 amide bonds. The quantitative estimate of drug-likeness (QED) is 0.812. The standard InChI is InChI=1S/C13H14N2O3/c1-17-9-5-3-8(4-6-9)11-7-10(12(14)15-11)13(16)18-2/h3-7,15H,14H2,1-2H3. The second-order valence-corrected chi connectivity index (χ2v) is 3.73. The summed E-state index contributed by atoms with van der Waals surface area (Å²) < 4.78 is 9.72. The first kappa shape index (κ1) is 12.0. The van der Waals surface area contributed by atoms with E-state index in [1.165, 1.54) is 7.11 Å². The molecule has 0 radical (unpaired) electrons. The fourth-order valence-corrected chi connectivity index (χ4v) is 1.68. The SMILES string of the molecule is COC(=O)c1cc(-c2ccc(OC)cc2)[nH]c1N. The number of ether oxygens (including phenoxy) is 2. The molecule has 2 rings (SSSR count). The summed E-state index contributed by atoms with van der Waals surface area (Å²) in [6.45, 7) is 0. The van der Waals surface area contributed by atoms with Gasteiger partial charge in [0.25, 0.3) is 0 Å². The van der Waals surface area contributed by atoms with Gasteiger partial charge in [-0.3, -0.25) is 0 Å². The van der Waals surface area contributed by atoms with Crippen LogP contribution in [0.3, 0.4) is 0 Å². The van der Waals surface area contributed by atoms with E-state index in [4.69, 9.17) is 10.5 Å². The number of H-pyrrole nitrogens is 1. The molecule has 0 unspecified atom stereocenters. The molecule has 5 nitrogen and oxygen atoms in total.